The van der Waals surface area contributed by atoms with Crippen LogP contribution in [0.4, 0.5) is 4.39 Å². The Morgan fingerprint density at radius 2 is 2.11 bits per heavy atom. The van der Waals surface area contributed by atoms with Crippen LogP contribution in [0.3, 0.4) is 0 Å². The predicted octanol–water partition coefficient (Wildman–Crippen LogP) is 3.41. The minimum Gasteiger partial charge on any atom is -0.352 e. The summed E-state index contributed by atoms with van der Waals surface area (Å²) in [5.74, 6) is 0.559. The number of halogens is 1. The van der Waals surface area contributed by atoms with Crippen molar-refractivity contribution in [3.63, 3.8) is 0 Å². The van der Waals surface area contributed by atoms with E-state index in [4.69, 9.17) is 0 Å². The van der Waals surface area contributed by atoms with Gasteiger partial charge in [0, 0.05) is 13.0 Å². The van der Waals surface area contributed by atoms with Crippen molar-refractivity contribution in [2.75, 3.05) is 0 Å². The average molecular weight is 249 g/mol. The average Bonchev–Trinajstić information content (AvgIpc) is 2.87. The highest BCUT2D eigenvalue weighted by Crippen LogP contribution is 2.28. The molecule has 1 aromatic rings. The van der Waals surface area contributed by atoms with Gasteiger partial charge in [0.05, 0.1) is 0 Å². The van der Waals surface area contributed by atoms with Gasteiger partial charge in [-0.2, -0.15) is 0 Å². The minimum absolute atomic E-state index is 0.0751. The second-order valence-electron chi connectivity index (χ2n) is 5.10. The van der Waals surface area contributed by atoms with Gasteiger partial charge in [-0.05, 0) is 30.0 Å². The van der Waals surface area contributed by atoms with Crippen LogP contribution in [0.15, 0.2) is 24.3 Å². The van der Waals surface area contributed by atoms with Gasteiger partial charge in [0.25, 0.3) is 0 Å². The molecule has 1 aliphatic carbocycles. The summed E-state index contributed by atoms with van der Waals surface area (Å²) in [5, 5.41) is 2.84. The van der Waals surface area contributed by atoms with Crippen molar-refractivity contribution < 1.29 is 9.18 Å². The SMILES string of the molecule is O=C(CCC1CCCC1)NCc1cccc(F)c1. The van der Waals surface area contributed by atoms with Crippen molar-refractivity contribution in [3.05, 3.63) is 35.6 Å². The standard InChI is InChI=1S/C15H20FNO/c16-14-7-3-6-13(10-14)11-17-15(18)9-8-12-4-1-2-5-12/h3,6-7,10,12H,1-2,4-5,8-9,11H2,(H,17,18). The van der Waals surface area contributed by atoms with Crippen molar-refractivity contribution in [2.24, 2.45) is 5.92 Å². The molecule has 0 heterocycles. The van der Waals surface area contributed by atoms with Gasteiger partial charge < -0.3 is 5.32 Å². The van der Waals surface area contributed by atoms with Crippen LogP contribution in [0.5, 0.6) is 0 Å². The molecular weight excluding hydrogens is 229 g/mol. The normalized spacial score (nSPS) is 15.8. The van der Waals surface area contributed by atoms with Gasteiger partial charge in [0.2, 0.25) is 5.91 Å². The summed E-state index contributed by atoms with van der Waals surface area (Å²) in [4.78, 5) is 11.7. The van der Waals surface area contributed by atoms with Gasteiger partial charge in [-0.1, -0.05) is 37.8 Å². The van der Waals surface area contributed by atoms with Gasteiger partial charge in [0.15, 0.2) is 0 Å². The van der Waals surface area contributed by atoms with E-state index >= 15 is 0 Å². The number of benzene rings is 1. The maximum atomic E-state index is 12.9. The molecule has 0 unspecified atom stereocenters. The highest BCUT2D eigenvalue weighted by Gasteiger charge is 2.15. The lowest BCUT2D eigenvalue weighted by Gasteiger charge is -2.09. The molecule has 0 aromatic heterocycles. The fourth-order valence-corrected chi connectivity index (χ4v) is 2.57. The second-order valence-corrected chi connectivity index (χ2v) is 5.10. The minimum atomic E-state index is -0.257. The summed E-state index contributed by atoms with van der Waals surface area (Å²) in [6.07, 6.45) is 6.77. The molecule has 1 amide bonds. The van der Waals surface area contributed by atoms with E-state index in [0.717, 1.165) is 17.9 Å². The monoisotopic (exact) mass is 249 g/mol. The van der Waals surface area contributed by atoms with Gasteiger partial charge in [-0.3, -0.25) is 4.79 Å². The van der Waals surface area contributed by atoms with Crippen molar-refractivity contribution >= 4 is 5.91 Å². The second kappa shape index (κ2) is 6.53. The molecule has 2 nitrogen and oxygen atoms in total. The summed E-state index contributed by atoms with van der Waals surface area (Å²) < 4.78 is 12.9. The summed E-state index contributed by atoms with van der Waals surface area (Å²) in [5.41, 5.74) is 0.809. The van der Waals surface area contributed by atoms with E-state index in [1.54, 1.807) is 6.07 Å². The first-order valence-corrected chi connectivity index (χ1v) is 6.75. The summed E-state index contributed by atoms with van der Waals surface area (Å²) in [6.45, 7) is 0.418. The lowest BCUT2D eigenvalue weighted by Crippen LogP contribution is -2.23. The van der Waals surface area contributed by atoms with Crippen molar-refractivity contribution in [3.8, 4) is 0 Å². The molecule has 1 aliphatic rings. The topological polar surface area (TPSA) is 29.1 Å². The van der Waals surface area contributed by atoms with E-state index in [-0.39, 0.29) is 11.7 Å². The zero-order valence-corrected chi connectivity index (χ0v) is 10.6. The van der Waals surface area contributed by atoms with E-state index in [1.807, 2.05) is 6.07 Å². The third-order valence-electron chi connectivity index (χ3n) is 3.63. The maximum Gasteiger partial charge on any atom is 0.220 e. The lowest BCUT2D eigenvalue weighted by atomic mass is 10.0. The van der Waals surface area contributed by atoms with Crippen LogP contribution in [-0.4, -0.2) is 5.91 Å². The smallest absolute Gasteiger partial charge is 0.220 e. The Bertz CT molecular complexity index is 399. The molecule has 0 saturated heterocycles. The number of hydrogen-bond acceptors (Lipinski definition) is 1. The van der Waals surface area contributed by atoms with E-state index in [2.05, 4.69) is 5.32 Å². The van der Waals surface area contributed by atoms with Crippen LogP contribution in [-0.2, 0) is 11.3 Å². The van der Waals surface area contributed by atoms with Crippen LogP contribution in [0.25, 0.3) is 0 Å². The van der Waals surface area contributed by atoms with E-state index < -0.39 is 0 Å². The van der Waals surface area contributed by atoms with Crippen molar-refractivity contribution in [1.29, 1.82) is 0 Å². The molecule has 0 atom stereocenters. The zero-order valence-electron chi connectivity index (χ0n) is 10.6. The van der Waals surface area contributed by atoms with Gasteiger partial charge >= 0.3 is 0 Å². The summed E-state index contributed by atoms with van der Waals surface area (Å²) in [6, 6.07) is 6.35. The molecule has 1 saturated carbocycles. The molecule has 1 N–H and O–H groups in total. The number of rotatable bonds is 5. The van der Waals surface area contributed by atoms with Crippen LogP contribution in [0.2, 0.25) is 0 Å². The first-order valence-electron chi connectivity index (χ1n) is 6.75. The Hall–Kier alpha value is -1.38. The predicted molar refractivity (Wildman–Crippen MR) is 69.4 cm³/mol. The quantitative estimate of drug-likeness (QED) is 0.851. The van der Waals surface area contributed by atoms with Crippen LogP contribution < -0.4 is 5.32 Å². The summed E-state index contributed by atoms with van der Waals surface area (Å²) in [7, 11) is 0. The molecule has 18 heavy (non-hydrogen) atoms. The fraction of sp³-hybridized carbons (Fsp3) is 0.533. The largest absolute Gasteiger partial charge is 0.352 e. The lowest BCUT2D eigenvalue weighted by molar-refractivity contribution is -0.121. The first kappa shape index (κ1) is 13.1. The van der Waals surface area contributed by atoms with Crippen molar-refractivity contribution in [2.45, 2.75) is 45.1 Å². The maximum absolute atomic E-state index is 12.9. The van der Waals surface area contributed by atoms with Gasteiger partial charge in [-0.15, -0.1) is 0 Å². The van der Waals surface area contributed by atoms with Crippen LogP contribution in [0.1, 0.15) is 44.1 Å². The fourth-order valence-electron chi connectivity index (χ4n) is 2.57. The van der Waals surface area contributed by atoms with Gasteiger partial charge in [-0.25, -0.2) is 4.39 Å². The Balaban J connectivity index is 1.68. The number of hydrogen-bond donors (Lipinski definition) is 1. The Morgan fingerprint density at radius 1 is 1.33 bits per heavy atom. The van der Waals surface area contributed by atoms with E-state index in [0.29, 0.717) is 13.0 Å². The third-order valence-corrected chi connectivity index (χ3v) is 3.63. The molecular formula is C15H20FNO. The molecule has 0 radical (unpaired) electrons. The number of amides is 1. The molecule has 98 valence electrons. The van der Waals surface area contributed by atoms with Crippen LogP contribution >= 0.6 is 0 Å². The first-order chi connectivity index (χ1) is 8.74. The zero-order chi connectivity index (χ0) is 12.8. The Morgan fingerprint density at radius 3 is 2.83 bits per heavy atom. The number of carbonyl (C=O) groups is 1. The molecule has 0 spiro atoms. The highest BCUT2D eigenvalue weighted by molar-refractivity contribution is 5.75. The molecule has 3 heteroatoms. The van der Waals surface area contributed by atoms with Crippen LogP contribution in [0, 0.1) is 11.7 Å². The highest BCUT2D eigenvalue weighted by atomic mass is 19.1. The third kappa shape index (κ3) is 4.13. The Labute approximate surface area is 108 Å². The molecule has 2 rings (SSSR count). The molecule has 0 bridgehead atoms. The Kier molecular flexibility index (Phi) is 4.73. The number of nitrogens with one attached hydrogen (secondary N) is 1. The molecule has 1 fully saturated rings. The molecule has 0 aliphatic heterocycles. The summed E-state index contributed by atoms with van der Waals surface area (Å²) >= 11 is 0. The van der Waals surface area contributed by atoms with Gasteiger partial charge in [0.1, 0.15) is 5.82 Å². The van der Waals surface area contributed by atoms with E-state index in [9.17, 15) is 9.18 Å². The molecule has 1 aromatic carbocycles. The number of carbonyl (C=O) groups excluding carboxylic acids is 1. The van der Waals surface area contributed by atoms with E-state index in [1.165, 1.54) is 37.8 Å². The van der Waals surface area contributed by atoms with Crippen molar-refractivity contribution in [1.82, 2.24) is 5.32 Å².